The van der Waals surface area contributed by atoms with Crippen LogP contribution in [0.25, 0.3) is 0 Å². The molecule has 9 rings (SSSR count). The standard InChI is InChI=1S/C41H56N6O2/c48-40(42-28-13-9-26(10-14-28)21-23-46-36-17-18-37(46)31-6-2-1-5-30(31)36)44-34-25-35(34)45-41(49)43-29-15-11-27(12-16-29)22-24-47-38-19-20-39(47)33-8-4-3-7-32(33)38/h1-8,26-29,34-39H,9-25H2,(H2,42,44,48)(H2,43,45,49). The first-order chi connectivity index (χ1) is 24.1. The smallest absolute Gasteiger partial charge is 0.315 e. The van der Waals surface area contributed by atoms with Gasteiger partial charge in [0.2, 0.25) is 0 Å². The van der Waals surface area contributed by atoms with E-state index in [1.807, 2.05) is 0 Å². The van der Waals surface area contributed by atoms with Gasteiger partial charge < -0.3 is 21.3 Å². The van der Waals surface area contributed by atoms with Gasteiger partial charge in [-0.25, -0.2) is 9.59 Å². The molecule has 8 nitrogen and oxygen atoms in total. The highest BCUT2D eigenvalue weighted by atomic mass is 16.2. The topological polar surface area (TPSA) is 88.7 Å². The van der Waals surface area contributed by atoms with E-state index >= 15 is 0 Å². The van der Waals surface area contributed by atoms with Gasteiger partial charge in [0.15, 0.2) is 0 Å². The molecular weight excluding hydrogens is 608 g/mol. The lowest BCUT2D eigenvalue weighted by Crippen LogP contribution is -2.48. The quantitative estimate of drug-likeness (QED) is 0.213. The number of carbonyl (C=O) groups is 2. The molecular formula is C41H56N6O2. The first-order valence-electron chi connectivity index (χ1n) is 19.9. The van der Waals surface area contributed by atoms with Gasteiger partial charge in [0.05, 0.1) is 12.1 Å². The Labute approximate surface area is 292 Å². The summed E-state index contributed by atoms with van der Waals surface area (Å²) in [5, 5.41) is 12.7. The number of amides is 4. The van der Waals surface area contributed by atoms with Crippen LogP contribution in [0.4, 0.5) is 9.59 Å². The van der Waals surface area contributed by atoms with Crippen molar-refractivity contribution in [1.82, 2.24) is 31.1 Å². The molecule has 3 saturated carbocycles. The van der Waals surface area contributed by atoms with E-state index < -0.39 is 0 Å². The average molecular weight is 665 g/mol. The van der Waals surface area contributed by atoms with E-state index in [0.717, 1.165) is 43.9 Å². The highest BCUT2D eigenvalue weighted by molar-refractivity contribution is 5.77. The predicted molar refractivity (Wildman–Crippen MR) is 192 cm³/mol. The summed E-state index contributed by atoms with van der Waals surface area (Å²) in [6, 6.07) is 21.1. The lowest BCUT2D eigenvalue weighted by Gasteiger charge is -2.31. The Morgan fingerprint density at radius 3 is 1.18 bits per heavy atom. The number of carbonyl (C=O) groups excluding carboxylic acids is 2. The van der Waals surface area contributed by atoms with Crippen LogP contribution < -0.4 is 21.3 Å². The normalized spacial score (nSPS) is 35.8. The second kappa shape index (κ2) is 13.6. The highest BCUT2D eigenvalue weighted by Crippen LogP contribution is 2.54. The fourth-order valence-electron chi connectivity index (χ4n) is 11.1. The van der Waals surface area contributed by atoms with Crippen molar-refractivity contribution in [2.75, 3.05) is 13.1 Å². The lowest BCUT2D eigenvalue weighted by molar-refractivity contribution is 0.185. The number of hydrogen-bond donors (Lipinski definition) is 4. The van der Waals surface area contributed by atoms with Gasteiger partial charge in [-0.3, -0.25) is 9.80 Å². The Morgan fingerprint density at radius 1 is 0.490 bits per heavy atom. The molecule has 262 valence electrons. The van der Waals surface area contributed by atoms with Gasteiger partial charge in [0, 0.05) is 36.3 Å². The van der Waals surface area contributed by atoms with E-state index in [1.54, 1.807) is 22.3 Å². The first kappa shape index (κ1) is 31.9. The number of fused-ring (bicyclic) bond motifs is 10. The number of nitrogens with zero attached hydrogens (tertiary/aromatic N) is 2. The third-order valence-corrected chi connectivity index (χ3v) is 13.8. The number of rotatable bonds is 10. The summed E-state index contributed by atoms with van der Waals surface area (Å²) >= 11 is 0. The van der Waals surface area contributed by atoms with Gasteiger partial charge in [-0.15, -0.1) is 0 Å². The molecule has 7 aliphatic rings. The molecule has 2 saturated heterocycles. The second-order valence-electron chi connectivity index (χ2n) is 16.6. The Hall–Kier alpha value is -3.10. The van der Waals surface area contributed by atoms with E-state index in [9.17, 15) is 9.59 Å². The van der Waals surface area contributed by atoms with Crippen LogP contribution in [-0.4, -0.2) is 59.1 Å². The van der Waals surface area contributed by atoms with E-state index in [1.165, 1.54) is 77.3 Å². The van der Waals surface area contributed by atoms with E-state index in [-0.39, 0.29) is 36.2 Å². The fourth-order valence-corrected chi connectivity index (χ4v) is 11.1. The SMILES string of the molecule is O=C(NC1CCC(CCN2C3CCC2c2ccccc23)CC1)NC1CC1NC(=O)NC1CCC(CCN2C3CCC2c2ccccc23)CC1. The number of benzene rings is 2. The zero-order chi connectivity index (χ0) is 32.9. The highest BCUT2D eigenvalue weighted by Gasteiger charge is 2.45. The molecule has 6 unspecified atom stereocenters. The van der Waals surface area contributed by atoms with Crippen LogP contribution in [0, 0.1) is 11.8 Å². The van der Waals surface area contributed by atoms with Crippen LogP contribution in [0.2, 0.25) is 0 Å². The first-order valence-corrected chi connectivity index (χ1v) is 19.9. The van der Waals surface area contributed by atoms with Crippen molar-refractivity contribution < 1.29 is 9.59 Å². The zero-order valence-electron chi connectivity index (χ0n) is 29.1. The van der Waals surface area contributed by atoms with Gasteiger partial charge in [-0.05, 0) is 143 Å². The third kappa shape index (κ3) is 6.48. The van der Waals surface area contributed by atoms with Gasteiger partial charge in [0.25, 0.3) is 0 Å². The Bertz CT molecular complexity index is 1340. The molecule has 4 heterocycles. The largest absolute Gasteiger partial charge is 0.335 e. The van der Waals surface area contributed by atoms with Crippen LogP contribution in [-0.2, 0) is 0 Å². The summed E-state index contributed by atoms with van der Waals surface area (Å²) in [5.41, 5.74) is 6.30. The molecule has 4 amide bonds. The summed E-state index contributed by atoms with van der Waals surface area (Å²) < 4.78 is 0. The van der Waals surface area contributed by atoms with Crippen LogP contribution in [0.3, 0.4) is 0 Å². The molecule has 2 aromatic carbocycles. The third-order valence-electron chi connectivity index (χ3n) is 13.8. The summed E-state index contributed by atoms with van der Waals surface area (Å²) in [4.78, 5) is 31.1. The number of hydrogen-bond acceptors (Lipinski definition) is 4. The Morgan fingerprint density at radius 2 is 0.837 bits per heavy atom. The summed E-state index contributed by atoms with van der Waals surface area (Å²) in [6.45, 7) is 2.40. The Balaban J connectivity index is 0.628. The second-order valence-corrected chi connectivity index (χ2v) is 16.6. The van der Waals surface area contributed by atoms with Crippen LogP contribution >= 0.6 is 0 Å². The Kier molecular flexibility index (Phi) is 8.81. The van der Waals surface area contributed by atoms with Gasteiger partial charge in [-0.2, -0.15) is 0 Å². The molecule has 5 fully saturated rings. The van der Waals surface area contributed by atoms with E-state index in [2.05, 4.69) is 79.6 Å². The summed E-state index contributed by atoms with van der Waals surface area (Å²) in [7, 11) is 0. The molecule has 2 aromatic rings. The van der Waals surface area contributed by atoms with E-state index in [0.29, 0.717) is 24.2 Å². The zero-order valence-corrected chi connectivity index (χ0v) is 29.1. The molecule has 8 heteroatoms. The number of urea groups is 2. The van der Waals surface area contributed by atoms with Gasteiger partial charge in [0.1, 0.15) is 0 Å². The van der Waals surface area contributed by atoms with Crippen molar-refractivity contribution in [3.8, 4) is 0 Å². The molecule has 0 radical (unpaired) electrons. The van der Waals surface area contributed by atoms with E-state index in [4.69, 9.17) is 0 Å². The molecule has 3 aliphatic carbocycles. The molecule has 4 bridgehead atoms. The fraction of sp³-hybridized carbons (Fsp3) is 0.659. The van der Waals surface area contributed by atoms with Crippen molar-refractivity contribution in [1.29, 1.82) is 0 Å². The molecule has 4 aliphatic heterocycles. The summed E-state index contributed by atoms with van der Waals surface area (Å²) in [5.74, 6) is 1.52. The van der Waals surface area contributed by atoms with Gasteiger partial charge in [-0.1, -0.05) is 48.5 Å². The van der Waals surface area contributed by atoms with Crippen LogP contribution in [0.5, 0.6) is 0 Å². The lowest BCUT2D eigenvalue weighted by atomic mass is 9.84. The minimum Gasteiger partial charge on any atom is -0.335 e. The predicted octanol–water partition coefficient (Wildman–Crippen LogP) is 7.41. The van der Waals surface area contributed by atoms with Crippen molar-refractivity contribution in [3.63, 3.8) is 0 Å². The summed E-state index contributed by atoms with van der Waals surface area (Å²) in [6.07, 6.45) is 17.7. The molecule has 49 heavy (non-hydrogen) atoms. The molecule has 0 aromatic heterocycles. The minimum absolute atomic E-state index is 0.0322. The molecule has 4 N–H and O–H groups in total. The van der Waals surface area contributed by atoms with Crippen molar-refractivity contribution >= 4 is 12.1 Å². The maximum atomic E-state index is 12.8. The van der Waals surface area contributed by atoms with Crippen LogP contribution in [0.15, 0.2) is 48.5 Å². The monoisotopic (exact) mass is 664 g/mol. The van der Waals surface area contributed by atoms with Crippen molar-refractivity contribution in [3.05, 3.63) is 70.8 Å². The molecule has 0 spiro atoms. The van der Waals surface area contributed by atoms with Crippen molar-refractivity contribution in [2.24, 2.45) is 11.8 Å². The van der Waals surface area contributed by atoms with Crippen LogP contribution in [0.1, 0.15) is 143 Å². The minimum atomic E-state index is -0.0753. The average Bonchev–Trinajstić information content (AvgIpc) is 3.44. The maximum Gasteiger partial charge on any atom is 0.315 e. The van der Waals surface area contributed by atoms with Crippen molar-refractivity contribution in [2.45, 2.75) is 145 Å². The maximum absolute atomic E-state index is 12.8. The van der Waals surface area contributed by atoms with Gasteiger partial charge >= 0.3 is 12.1 Å². The molecule has 6 atom stereocenters. The number of nitrogens with one attached hydrogen (secondary N) is 4.